The Hall–Kier alpha value is -4.10. The van der Waals surface area contributed by atoms with Crippen LogP contribution in [0.25, 0.3) is 11.1 Å². The highest BCUT2D eigenvalue weighted by Crippen LogP contribution is 2.22. The third-order valence-corrected chi connectivity index (χ3v) is 6.69. The zero-order valence-corrected chi connectivity index (χ0v) is 20.1. The molecule has 0 aromatic heterocycles. The number of sulfonamides is 1. The van der Waals surface area contributed by atoms with Crippen LogP contribution in [0.3, 0.4) is 0 Å². The number of nitrogens with one attached hydrogen (secondary N) is 2. The normalized spacial score (nSPS) is 11.0. The van der Waals surface area contributed by atoms with E-state index in [0.717, 1.165) is 16.7 Å². The van der Waals surface area contributed by atoms with Crippen LogP contribution in [0.4, 0.5) is 11.4 Å². The Morgan fingerprint density at radius 2 is 1.34 bits per heavy atom. The minimum atomic E-state index is -3.76. The third kappa shape index (κ3) is 6.49. The molecule has 1 amide bonds. The fourth-order valence-corrected chi connectivity index (χ4v) is 4.61. The van der Waals surface area contributed by atoms with Crippen molar-refractivity contribution >= 4 is 27.3 Å². The molecule has 0 aliphatic rings. The number of carbonyl (C=O) groups is 1. The van der Waals surface area contributed by atoms with Gasteiger partial charge < -0.3 is 10.1 Å². The molecule has 6 nitrogen and oxygen atoms in total. The van der Waals surface area contributed by atoms with Crippen molar-refractivity contribution < 1.29 is 17.9 Å². The molecule has 0 atom stereocenters. The van der Waals surface area contributed by atoms with Crippen molar-refractivity contribution in [2.45, 2.75) is 18.2 Å². The number of hydrogen-bond donors (Lipinski definition) is 2. The van der Waals surface area contributed by atoms with E-state index in [4.69, 9.17) is 4.74 Å². The number of hydrogen-bond acceptors (Lipinski definition) is 4. The molecule has 0 aliphatic carbocycles. The predicted octanol–water partition coefficient (Wildman–Crippen LogP) is 5.73. The fourth-order valence-electron chi connectivity index (χ4n) is 3.55. The molecule has 0 saturated carbocycles. The molecule has 0 saturated heterocycles. The van der Waals surface area contributed by atoms with Crippen molar-refractivity contribution in [3.63, 3.8) is 0 Å². The van der Waals surface area contributed by atoms with Crippen LogP contribution in [-0.2, 0) is 21.2 Å². The standard InChI is InChI=1S/C28H26N2O4S/c1-2-34-26-16-12-25(13-17-26)30-35(32,33)27-18-14-24(15-19-27)29-28(31)20-21-8-10-23(11-9-21)22-6-4-3-5-7-22/h3-19,30H,2,20H2,1H3,(H,29,31). The molecule has 0 unspecified atom stereocenters. The summed E-state index contributed by atoms with van der Waals surface area (Å²) in [5.74, 6) is 0.489. The Bertz CT molecular complexity index is 1370. The maximum Gasteiger partial charge on any atom is 0.261 e. The lowest BCUT2D eigenvalue weighted by Crippen LogP contribution is -2.15. The molecule has 2 N–H and O–H groups in total. The van der Waals surface area contributed by atoms with Crippen LogP contribution in [0.5, 0.6) is 5.75 Å². The summed E-state index contributed by atoms with van der Waals surface area (Å²) in [6, 6.07) is 30.7. The number of benzene rings is 4. The summed E-state index contributed by atoms with van der Waals surface area (Å²) in [5.41, 5.74) is 4.06. The molecule has 35 heavy (non-hydrogen) atoms. The molecule has 0 bridgehead atoms. The number of ether oxygens (including phenoxy) is 1. The van der Waals surface area contributed by atoms with Gasteiger partial charge in [0.1, 0.15) is 5.75 Å². The highest BCUT2D eigenvalue weighted by atomic mass is 32.2. The third-order valence-electron chi connectivity index (χ3n) is 5.29. The second-order valence-electron chi connectivity index (χ2n) is 7.88. The molecule has 0 radical (unpaired) electrons. The van der Waals surface area contributed by atoms with Gasteiger partial charge in [-0.1, -0.05) is 54.6 Å². The lowest BCUT2D eigenvalue weighted by Gasteiger charge is -2.10. The van der Waals surface area contributed by atoms with Gasteiger partial charge in [-0.3, -0.25) is 9.52 Å². The molecule has 4 aromatic rings. The zero-order valence-electron chi connectivity index (χ0n) is 19.3. The molecule has 4 rings (SSSR count). The minimum absolute atomic E-state index is 0.0980. The van der Waals surface area contributed by atoms with Gasteiger partial charge in [-0.2, -0.15) is 0 Å². The SMILES string of the molecule is CCOc1ccc(NS(=O)(=O)c2ccc(NC(=O)Cc3ccc(-c4ccccc4)cc3)cc2)cc1. The van der Waals surface area contributed by atoms with E-state index in [1.54, 1.807) is 36.4 Å². The highest BCUT2D eigenvalue weighted by molar-refractivity contribution is 7.92. The zero-order chi connectivity index (χ0) is 24.7. The molecule has 0 heterocycles. The average molecular weight is 487 g/mol. The molecule has 178 valence electrons. The summed E-state index contributed by atoms with van der Waals surface area (Å²) in [6.45, 7) is 2.42. The largest absolute Gasteiger partial charge is 0.494 e. The topological polar surface area (TPSA) is 84.5 Å². The van der Waals surface area contributed by atoms with E-state index >= 15 is 0 Å². The van der Waals surface area contributed by atoms with Gasteiger partial charge in [0.15, 0.2) is 0 Å². The Balaban J connectivity index is 1.34. The van der Waals surface area contributed by atoms with Crippen LogP contribution in [0.1, 0.15) is 12.5 Å². The Labute approximate surface area is 205 Å². The lowest BCUT2D eigenvalue weighted by atomic mass is 10.0. The summed E-state index contributed by atoms with van der Waals surface area (Å²) >= 11 is 0. The van der Waals surface area contributed by atoms with Gasteiger partial charge in [0.05, 0.1) is 17.9 Å². The second-order valence-corrected chi connectivity index (χ2v) is 9.56. The van der Waals surface area contributed by atoms with Crippen LogP contribution in [0.2, 0.25) is 0 Å². The Kier molecular flexibility index (Phi) is 7.48. The van der Waals surface area contributed by atoms with Crippen molar-refractivity contribution in [2.24, 2.45) is 0 Å². The fraction of sp³-hybridized carbons (Fsp3) is 0.107. The summed E-state index contributed by atoms with van der Waals surface area (Å²) < 4.78 is 33.3. The first-order valence-corrected chi connectivity index (χ1v) is 12.7. The Morgan fingerprint density at radius 3 is 1.97 bits per heavy atom. The first-order valence-electron chi connectivity index (χ1n) is 11.2. The quantitative estimate of drug-likeness (QED) is 0.316. The smallest absolute Gasteiger partial charge is 0.261 e. The monoisotopic (exact) mass is 486 g/mol. The van der Waals surface area contributed by atoms with Gasteiger partial charge in [-0.15, -0.1) is 0 Å². The first-order chi connectivity index (χ1) is 16.9. The van der Waals surface area contributed by atoms with Gasteiger partial charge in [0, 0.05) is 11.4 Å². The van der Waals surface area contributed by atoms with E-state index in [1.165, 1.54) is 12.1 Å². The Morgan fingerprint density at radius 1 is 0.743 bits per heavy atom. The molecule has 0 aliphatic heterocycles. The van der Waals surface area contributed by atoms with Crippen LogP contribution < -0.4 is 14.8 Å². The van der Waals surface area contributed by atoms with Gasteiger partial charge >= 0.3 is 0 Å². The first kappa shape index (κ1) is 24.0. The summed E-state index contributed by atoms with van der Waals surface area (Å²) in [7, 11) is -3.76. The van der Waals surface area contributed by atoms with Crippen molar-refractivity contribution in [3.05, 3.63) is 109 Å². The average Bonchev–Trinajstić information content (AvgIpc) is 2.86. The molecular weight excluding hydrogens is 460 g/mol. The molecule has 0 fully saturated rings. The van der Waals surface area contributed by atoms with E-state index in [2.05, 4.69) is 10.0 Å². The summed E-state index contributed by atoms with van der Waals surface area (Å²) in [4.78, 5) is 12.6. The number of carbonyl (C=O) groups excluding carboxylic acids is 1. The van der Waals surface area contributed by atoms with Crippen molar-refractivity contribution in [3.8, 4) is 16.9 Å². The van der Waals surface area contributed by atoms with Gasteiger partial charge in [0.25, 0.3) is 10.0 Å². The second kappa shape index (κ2) is 10.9. The summed E-state index contributed by atoms with van der Waals surface area (Å²) in [6.07, 6.45) is 0.217. The van der Waals surface area contributed by atoms with Crippen LogP contribution >= 0.6 is 0 Å². The van der Waals surface area contributed by atoms with E-state index in [9.17, 15) is 13.2 Å². The van der Waals surface area contributed by atoms with Crippen LogP contribution in [-0.4, -0.2) is 20.9 Å². The molecular formula is C28H26N2O4S. The van der Waals surface area contributed by atoms with E-state index in [0.29, 0.717) is 23.7 Å². The maximum absolute atomic E-state index is 12.7. The van der Waals surface area contributed by atoms with E-state index in [1.807, 2.05) is 61.5 Å². The van der Waals surface area contributed by atoms with Crippen LogP contribution in [0, 0.1) is 0 Å². The van der Waals surface area contributed by atoms with Crippen molar-refractivity contribution in [2.75, 3.05) is 16.6 Å². The van der Waals surface area contributed by atoms with Crippen molar-refractivity contribution in [1.82, 2.24) is 0 Å². The predicted molar refractivity (Wildman–Crippen MR) is 139 cm³/mol. The number of anilines is 2. The number of rotatable bonds is 9. The molecule has 4 aromatic carbocycles. The lowest BCUT2D eigenvalue weighted by molar-refractivity contribution is -0.115. The van der Waals surface area contributed by atoms with E-state index in [-0.39, 0.29) is 17.2 Å². The van der Waals surface area contributed by atoms with Gasteiger partial charge in [0.2, 0.25) is 5.91 Å². The van der Waals surface area contributed by atoms with Crippen LogP contribution in [0.15, 0.2) is 108 Å². The maximum atomic E-state index is 12.7. The highest BCUT2D eigenvalue weighted by Gasteiger charge is 2.14. The van der Waals surface area contributed by atoms with E-state index < -0.39 is 10.0 Å². The van der Waals surface area contributed by atoms with Crippen molar-refractivity contribution in [1.29, 1.82) is 0 Å². The van der Waals surface area contributed by atoms with Gasteiger partial charge in [-0.05, 0) is 72.1 Å². The number of amides is 1. The summed E-state index contributed by atoms with van der Waals surface area (Å²) in [5, 5.41) is 2.82. The minimum Gasteiger partial charge on any atom is -0.494 e. The molecule has 7 heteroatoms. The van der Waals surface area contributed by atoms with Gasteiger partial charge in [-0.25, -0.2) is 8.42 Å². The molecule has 0 spiro atoms.